The molecule has 2 rings (SSSR count). The van der Waals surface area contributed by atoms with Gasteiger partial charge in [-0.25, -0.2) is 4.79 Å². The molecule has 1 atom stereocenters. The number of nitrogens with zero attached hydrogens (tertiary/aromatic N) is 1. The van der Waals surface area contributed by atoms with Crippen LogP contribution < -0.4 is 4.90 Å². The molecule has 1 unspecified atom stereocenters. The number of hydrogen-bond donors (Lipinski definition) is 1. The van der Waals surface area contributed by atoms with Gasteiger partial charge in [-0.1, -0.05) is 11.6 Å². The molecule has 0 aromatic heterocycles. The molecule has 0 spiro atoms. The Morgan fingerprint density at radius 2 is 2.18 bits per heavy atom. The smallest absolute Gasteiger partial charge is 0.337 e. The van der Waals surface area contributed by atoms with E-state index in [4.69, 9.17) is 28.3 Å². The molecule has 1 heterocycles. The summed E-state index contributed by atoms with van der Waals surface area (Å²) >= 11 is 11.7. The van der Waals surface area contributed by atoms with Crippen LogP contribution in [0.5, 0.6) is 0 Å². The lowest BCUT2D eigenvalue weighted by molar-refractivity contribution is -0.117. The number of carboxylic acids is 1. The summed E-state index contributed by atoms with van der Waals surface area (Å²) in [7, 11) is 0. The van der Waals surface area contributed by atoms with Gasteiger partial charge in [-0.05, 0) is 18.2 Å². The van der Waals surface area contributed by atoms with Crippen LogP contribution in [0.3, 0.4) is 0 Å². The Morgan fingerprint density at radius 1 is 1.47 bits per heavy atom. The highest BCUT2D eigenvalue weighted by molar-refractivity contribution is 6.34. The number of aromatic carboxylic acids is 1. The Labute approximate surface area is 108 Å². The van der Waals surface area contributed by atoms with E-state index in [0.29, 0.717) is 18.7 Å². The Morgan fingerprint density at radius 3 is 2.65 bits per heavy atom. The van der Waals surface area contributed by atoms with Crippen LogP contribution in [-0.2, 0) is 4.79 Å². The highest BCUT2D eigenvalue weighted by Gasteiger charge is 2.29. The zero-order chi connectivity index (χ0) is 12.6. The Kier molecular flexibility index (Phi) is 3.26. The first-order valence-corrected chi connectivity index (χ1v) is 5.77. The number of alkyl halides is 1. The molecule has 1 aliphatic heterocycles. The zero-order valence-electron chi connectivity index (χ0n) is 8.69. The van der Waals surface area contributed by atoms with Crippen molar-refractivity contribution in [3.8, 4) is 0 Å². The van der Waals surface area contributed by atoms with Crippen LogP contribution in [0.4, 0.5) is 5.69 Å². The second-order valence-corrected chi connectivity index (χ2v) is 4.80. The first kappa shape index (κ1) is 12.2. The minimum absolute atomic E-state index is 0.0180. The molecule has 1 N–H and O–H groups in total. The maximum absolute atomic E-state index is 11.6. The summed E-state index contributed by atoms with van der Waals surface area (Å²) in [6.45, 7) is 0.420. The van der Waals surface area contributed by atoms with E-state index in [2.05, 4.69) is 0 Å². The molecule has 0 radical (unpaired) electrons. The predicted molar refractivity (Wildman–Crippen MR) is 65.0 cm³/mol. The van der Waals surface area contributed by atoms with Crippen LogP contribution in [0.1, 0.15) is 16.8 Å². The summed E-state index contributed by atoms with van der Waals surface area (Å²) in [6.07, 6.45) is 0.292. The van der Waals surface area contributed by atoms with Gasteiger partial charge in [0.25, 0.3) is 0 Å². The summed E-state index contributed by atoms with van der Waals surface area (Å²) in [5.74, 6) is -1.17. The summed E-state index contributed by atoms with van der Waals surface area (Å²) in [4.78, 5) is 23.9. The topological polar surface area (TPSA) is 57.6 Å². The van der Waals surface area contributed by atoms with E-state index in [1.165, 1.54) is 17.0 Å². The first-order valence-electron chi connectivity index (χ1n) is 4.96. The standard InChI is InChI=1S/C11H9Cl2NO3/c12-6-3-10(15)14(5-6)7-1-2-8(11(16)17)9(13)4-7/h1-2,4,6H,3,5H2,(H,16,17). The van der Waals surface area contributed by atoms with Crippen molar-refractivity contribution < 1.29 is 14.7 Å². The highest BCUT2D eigenvalue weighted by Crippen LogP contribution is 2.28. The van der Waals surface area contributed by atoms with E-state index in [9.17, 15) is 9.59 Å². The minimum atomic E-state index is -1.09. The summed E-state index contributed by atoms with van der Waals surface area (Å²) in [6, 6.07) is 4.41. The Bertz CT molecular complexity index is 490. The lowest BCUT2D eigenvalue weighted by atomic mass is 10.2. The quantitative estimate of drug-likeness (QED) is 0.842. The summed E-state index contributed by atoms with van der Waals surface area (Å²) < 4.78 is 0. The normalized spacial score (nSPS) is 19.8. The number of amides is 1. The van der Waals surface area contributed by atoms with E-state index in [0.717, 1.165) is 0 Å². The predicted octanol–water partition coefficient (Wildman–Crippen LogP) is 2.38. The second-order valence-electron chi connectivity index (χ2n) is 3.78. The maximum Gasteiger partial charge on any atom is 0.337 e. The lowest BCUT2D eigenvalue weighted by Gasteiger charge is -2.16. The largest absolute Gasteiger partial charge is 0.478 e. The van der Waals surface area contributed by atoms with Gasteiger partial charge in [-0.2, -0.15) is 0 Å². The number of carbonyl (C=O) groups is 2. The molecule has 1 aromatic rings. The number of carbonyl (C=O) groups excluding carboxylic acids is 1. The molecule has 1 saturated heterocycles. The Hall–Kier alpha value is -1.26. The van der Waals surface area contributed by atoms with E-state index in [1.54, 1.807) is 6.07 Å². The number of halogens is 2. The van der Waals surface area contributed by atoms with Crippen molar-refractivity contribution in [1.29, 1.82) is 0 Å². The van der Waals surface area contributed by atoms with Gasteiger partial charge >= 0.3 is 5.97 Å². The maximum atomic E-state index is 11.6. The molecule has 4 nitrogen and oxygen atoms in total. The van der Waals surface area contributed by atoms with Crippen molar-refractivity contribution in [3.63, 3.8) is 0 Å². The van der Waals surface area contributed by atoms with Crippen LogP contribution in [-0.4, -0.2) is 28.9 Å². The number of anilines is 1. The molecule has 0 bridgehead atoms. The first-order chi connectivity index (χ1) is 7.99. The number of carboxylic acid groups (broad SMARTS) is 1. The molecule has 0 aliphatic carbocycles. The average Bonchev–Trinajstić information content (AvgIpc) is 2.57. The fraction of sp³-hybridized carbons (Fsp3) is 0.273. The number of rotatable bonds is 2. The van der Waals surface area contributed by atoms with Gasteiger partial charge in [0.1, 0.15) is 0 Å². The van der Waals surface area contributed by atoms with Gasteiger partial charge in [0.15, 0.2) is 0 Å². The second kappa shape index (κ2) is 4.55. The molecule has 1 aliphatic rings. The third kappa shape index (κ3) is 2.37. The summed E-state index contributed by atoms with van der Waals surface area (Å²) in [5.41, 5.74) is 0.595. The average molecular weight is 274 g/mol. The van der Waals surface area contributed by atoms with Crippen LogP contribution >= 0.6 is 23.2 Å². The highest BCUT2D eigenvalue weighted by atomic mass is 35.5. The van der Waals surface area contributed by atoms with Gasteiger partial charge in [-0.3, -0.25) is 4.79 Å². The number of hydrogen-bond acceptors (Lipinski definition) is 2. The molecule has 17 heavy (non-hydrogen) atoms. The molecule has 1 aromatic carbocycles. The van der Waals surface area contributed by atoms with E-state index in [-0.39, 0.29) is 21.9 Å². The van der Waals surface area contributed by atoms with Crippen molar-refractivity contribution >= 4 is 40.8 Å². The molecule has 1 fully saturated rings. The van der Waals surface area contributed by atoms with Crippen molar-refractivity contribution in [2.24, 2.45) is 0 Å². The molecule has 90 valence electrons. The van der Waals surface area contributed by atoms with Gasteiger partial charge in [0, 0.05) is 18.7 Å². The minimum Gasteiger partial charge on any atom is -0.478 e. The fourth-order valence-electron chi connectivity index (χ4n) is 1.76. The van der Waals surface area contributed by atoms with E-state index < -0.39 is 5.97 Å². The van der Waals surface area contributed by atoms with Gasteiger partial charge in [-0.15, -0.1) is 11.6 Å². The third-order valence-electron chi connectivity index (χ3n) is 2.57. The van der Waals surface area contributed by atoms with Crippen LogP contribution in [0.15, 0.2) is 18.2 Å². The zero-order valence-corrected chi connectivity index (χ0v) is 10.2. The van der Waals surface area contributed by atoms with Crippen molar-refractivity contribution in [2.45, 2.75) is 11.8 Å². The van der Waals surface area contributed by atoms with Gasteiger partial charge in [0.05, 0.1) is 16.0 Å². The van der Waals surface area contributed by atoms with Crippen LogP contribution in [0, 0.1) is 0 Å². The molecule has 1 amide bonds. The molecule has 6 heteroatoms. The molecular formula is C11H9Cl2NO3. The van der Waals surface area contributed by atoms with Crippen molar-refractivity contribution in [2.75, 3.05) is 11.4 Å². The van der Waals surface area contributed by atoms with E-state index in [1.807, 2.05) is 0 Å². The van der Waals surface area contributed by atoms with Gasteiger partial charge < -0.3 is 10.0 Å². The molecular weight excluding hydrogens is 265 g/mol. The SMILES string of the molecule is O=C(O)c1ccc(N2CC(Cl)CC2=O)cc1Cl. The van der Waals surface area contributed by atoms with E-state index >= 15 is 0 Å². The van der Waals surface area contributed by atoms with Crippen LogP contribution in [0.2, 0.25) is 5.02 Å². The summed E-state index contributed by atoms with van der Waals surface area (Å²) in [5, 5.41) is 8.73. The molecule has 0 saturated carbocycles. The van der Waals surface area contributed by atoms with Crippen LogP contribution in [0.25, 0.3) is 0 Å². The van der Waals surface area contributed by atoms with Crippen molar-refractivity contribution in [3.05, 3.63) is 28.8 Å². The van der Waals surface area contributed by atoms with Crippen molar-refractivity contribution in [1.82, 2.24) is 0 Å². The lowest BCUT2D eigenvalue weighted by Crippen LogP contribution is -2.24. The van der Waals surface area contributed by atoms with Gasteiger partial charge in [0.2, 0.25) is 5.91 Å². The fourth-order valence-corrected chi connectivity index (χ4v) is 2.28. The number of benzene rings is 1. The third-order valence-corrected chi connectivity index (χ3v) is 3.18. The monoisotopic (exact) mass is 273 g/mol. The Balaban J connectivity index is 2.32.